The molecular formula is C14H13ClN2O2. The smallest absolute Gasteiger partial charge is 0.225 e. The number of rotatable bonds is 4. The Bertz CT molecular complexity index is 600. The molecule has 0 aliphatic rings. The fraction of sp³-hybridized carbons (Fsp3) is 0.143. The maximum atomic E-state index is 11.8. The van der Waals surface area contributed by atoms with E-state index in [1.54, 1.807) is 29.3 Å². The summed E-state index contributed by atoms with van der Waals surface area (Å²) in [6, 6.07) is 8.79. The van der Waals surface area contributed by atoms with Crippen molar-refractivity contribution in [2.75, 3.05) is 14.1 Å². The van der Waals surface area contributed by atoms with Gasteiger partial charge in [-0.05, 0) is 12.1 Å². The first-order valence-corrected chi connectivity index (χ1v) is 6.05. The number of halogens is 1. The van der Waals surface area contributed by atoms with Crippen LogP contribution in [-0.2, 0) is 0 Å². The summed E-state index contributed by atoms with van der Waals surface area (Å²) >= 11 is 5.81. The molecule has 0 saturated heterocycles. The molecule has 0 saturated carbocycles. The zero-order chi connectivity index (χ0) is 13.8. The summed E-state index contributed by atoms with van der Waals surface area (Å²) in [7, 11) is 3.67. The van der Waals surface area contributed by atoms with E-state index in [4.69, 9.17) is 16.1 Å². The summed E-state index contributed by atoms with van der Waals surface area (Å²) in [5, 5.41) is 4.53. The lowest BCUT2D eigenvalue weighted by molar-refractivity contribution is 0.101. The molecular weight excluding hydrogens is 264 g/mol. The number of allylic oxidation sites excluding steroid dienone is 1. The summed E-state index contributed by atoms with van der Waals surface area (Å²) in [4.78, 5) is 13.6. The molecule has 0 aliphatic heterocycles. The molecule has 0 radical (unpaired) electrons. The molecule has 0 amide bonds. The zero-order valence-electron chi connectivity index (χ0n) is 10.6. The first kappa shape index (κ1) is 13.4. The second-order valence-electron chi connectivity index (χ2n) is 4.23. The third-order valence-corrected chi connectivity index (χ3v) is 2.67. The molecule has 19 heavy (non-hydrogen) atoms. The van der Waals surface area contributed by atoms with E-state index in [0.717, 1.165) is 5.56 Å². The zero-order valence-corrected chi connectivity index (χ0v) is 11.4. The highest BCUT2D eigenvalue weighted by molar-refractivity contribution is 6.30. The standard InChI is InChI=1S/C14H13ClN2O2/c1-17(2)8-7-13(18)14-9-12(16-19-14)10-3-5-11(15)6-4-10/h3-9H,1-2H3/b8-7+. The van der Waals surface area contributed by atoms with Crippen LogP contribution in [0.2, 0.25) is 5.02 Å². The maximum Gasteiger partial charge on any atom is 0.225 e. The van der Waals surface area contributed by atoms with Gasteiger partial charge in [-0.15, -0.1) is 0 Å². The summed E-state index contributed by atoms with van der Waals surface area (Å²) in [5.74, 6) is -0.00976. The molecule has 1 heterocycles. The Kier molecular flexibility index (Phi) is 4.02. The van der Waals surface area contributed by atoms with Crippen molar-refractivity contribution in [1.29, 1.82) is 0 Å². The topological polar surface area (TPSA) is 46.3 Å². The van der Waals surface area contributed by atoms with Gasteiger partial charge in [0.15, 0.2) is 0 Å². The molecule has 0 unspecified atom stereocenters. The molecule has 2 rings (SSSR count). The van der Waals surface area contributed by atoms with E-state index in [1.807, 2.05) is 26.2 Å². The van der Waals surface area contributed by atoms with Gasteiger partial charge in [0, 0.05) is 43.0 Å². The van der Waals surface area contributed by atoms with E-state index >= 15 is 0 Å². The Morgan fingerprint density at radius 2 is 2.00 bits per heavy atom. The van der Waals surface area contributed by atoms with Gasteiger partial charge < -0.3 is 9.42 Å². The summed E-state index contributed by atoms with van der Waals surface area (Å²) in [6.07, 6.45) is 3.10. The molecule has 0 aliphatic carbocycles. The van der Waals surface area contributed by atoms with Gasteiger partial charge in [-0.3, -0.25) is 4.79 Å². The fourth-order valence-corrected chi connectivity index (χ4v) is 1.57. The number of hydrogen-bond donors (Lipinski definition) is 0. The van der Waals surface area contributed by atoms with E-state index in [9.17, 15) is 4.79 Å². The third-order valence-electron chi connectivity index (χ3n) is 2.42. The van der Waals surface area contributed by atoms with E-state index < -0.39 is 0 Å². The Labute approximate surface area is 116 Å². The lowest BCUT2D eigenvalue weighted by Crippen LogP contribution is -2.02. The Morgan fingerprint density at radius 3 is 2.63 bits per heavy atom. The highest BCUT2D eigenvalue weighted by atomic mass is 35.5. The van der Waals surface area contributed by atoms with Crippen LogP contribution in [0.5, 0.6) is 0 Å². The summed E-state index contributed by atoms with van der Waals surface area (Å²) in [6.45, 7) is 0. The average molecular weight is 277 g/mol. The van der Waals surface area contributed by atoms with Crippen LogP contribution in [0.4, 0.5) is 0 Å². The predicted molar refractivity (Wildman–Crippen MR) is 74.1 cm³/mol. The molecule has 0 bridgehead atoms. The van der Waals surface area contributed by atoms with E-state index in [1.165, 1.54) is 6.08 Å². The monoisotopic (exact) mass is 276 g/mol. The van der Waals surface area contributed by atoms with Gasteiger partial charge in [-0.1, -0.05) is 28.9 Å². The highest BCUT2D eigenvalue weighted by Crippen LogP contribution is 2.21. The summed E-state index contributed by atoms with van der Waals surface area (Å²) in [5.41, 5.74) is 1.46. The van der Waals surface area contributed by atoms with Crippen molar-refractivity contribution >= 4 is 17.4 Å². The number of ketones is 1. The molecule has 2 aromatic rings. The van der Waals surface area contributed by atoms with Gasteiger partial charge >= 0.3 is 0 Å². The average Bonchev–Trinajstić information content (AvgIpc) is 2.86. The van der Waals surface area contributed by atoms with Crippen molar-refractivity contribution < 1.29 is 9.32 Å². The Balaban J connectivity index is 2.19. The maximum absolute atomic E-state index is 11.8. The molecule has 0 fully saturated rings. The van der Waals surface area contributed by atoms with Gasteiger partial charge in [0.1, 0.15) is 5.69 Å². The SMILES string of the molecule is CN(C)/C=C/C(=O)c1cc(-c2ccc(Cl)cc2)no1. The Hall–Kier alpha value is -2.07. The van der Waals surface area contributed by atoms with Gasteiger partial charge in [0.25, 0.3) is 0 Å². The molecule has 1 aromatic heterocycles. The quantitative estimate of drug-likeness (QED) is 0.635. The predicted octanol–water partition coefficient (Wildman–Crippen LogP) is 3.25. The lowest BCUT2D eigenvalue weighted by Gasteiger charge is -2.01. The van der Waals surface area contributed by atoms with E-state index in [-0.39, 0.29) is 11.5 Å². The number of aromatic nitrogens is 1. The van der Waals surface area contributed by atoms with Gasteiger partial charge in [-0.25, -0.2) is 0 Å². The van der Waals surface area contributed by atoms with Gasteiger partial charge in [0.05, 0.1) is 0 Å². The van der Waals surface area contributed by atoms with Crippen LogP contribution in [0, 0.1) is 0 Å². The summed E-state index contributed by atoms with van der Waals surface area (Å²) < 4.78 is 5.04. The third kappa shape index (κ3) is 3.45. The van der Waals surface area contributed by atoms with Crippen molar-refractivity contribution in [3.63, 3.8) is 0 Å². The molecule has 1 aromatic carbocycles. The van der Waals surface area contributed by atoms with Gasteiger partial charge in [0.2, 0.25) is 11.5 Å². The Morgan fingerprint density at radius 1 is 1.32 bits per heavy atom. The first-order valence-electron chi connectivity index (χ1n) is 5.68. The molecule has 98 valence electrons. The molecule has 4 nitrogen and oxygen atoms in total. The van der Waals surface area contributed by atoms with Crippen LogP contribution >= 0.6 is 11.6 Å². The van der Waals surface area contributed by atoms with Crippen LogP contribution in [0.1, 0.15) is 10.6 Å². The largest absolute Gasteiger partial charge is 0.383 e. The van der Waals surface area contributed by atoms with Crippen molar-refractivity contribution in [3.8, 4) is 11.3 Å². The van der Waals surface area contributed by atoms with Crippen molar-refractivity contribution in [3.05, 3.63) is 53.4 Å². The van der Waals surface area contributed by atoms with Crippen LogP contribution in [0.3, 0.4) is 0 Å². The van der Waals surface area contributed by atoms with Gasteiger partial charge in [-0.2, -0.15) is 0 Å². The number of carbonyl (C=O) groups is 1. The minimum atomic E-state index is -0.221. The van der Waals surface area contributed by atoms with E-state index in [2.05, 4.69) is 5.16 Å². The molecule has 0 spiro atoms. The van der Waals surface area contributed by atoms with Crippen LogP contribution in [0.25, 0.3) is 11.3 Å². The molecule has 0 atom stereocenters. The fourth-order valence-electron chi connectivity index (χ4n) is 1.45. The van der Waals surface area contributed by atoms with Crippen molar-refractivity contribution in [2.45, 2.75) is 0 Å². The molecule has 0 N–H and O–H groups in total. The minimum Gasteiger partial charge on any atom is -0.383 e. The van der Waals surface area contributed by atoms with E-state index in [0.29, 0.717) is 10.7 Å². The highest BCUT2D eigenvalue weighted by Gasteiger charge is 2.11. The second-order valence-corrected chi connectivity index (χ2v) is 4.66. The molecule has 5 heteroatoms. The van der Waals surface area contributed by atoms with Crippen molar-refractivity contribution in [1.82, 2.24) is 10.1 Å². The number of nitrogens with zero attached hydrogens (tertiary/aromatic N) is 2. The second kappa shape index (κ2) is 5.71. The first-order chi connectivity index (χ1) is 9.06. The minimum absolute atomic E-state index is 0.211. The lowest BCUT2D eigenvalue weighted by atomic mass is 10.1. The normalized spacial score (nSPS) is 10.9. The number of carbonyl (C=O) groups excluding carboxylic acids is 1. The van der Waals surface area contributed by atoms with Crippen LogP contribution < -0.4 is 0 Å². The van der Waals surface area contributed by atoms with Crippen LogP contribution in [0.15, 0.2) is 47.1 Å². The number of hydrogen-bond acceptors (Lipinski definition) is 4. The van der Waals surface area contributed by atoms with Crippen LogP contribution in [-0.4, -0.2) is 29.9 Å². The van der Waals surface area contributed by atoms with Crippen molar-refractivity contribution in [2.24, 2.45) is 0 Å². The number of benzene rings is 1.